The predicted molar refractivity (Wildman–Crippen MR) is 104 cm³/mol. The van der Waals surface area contributed by atoms with Gasteiger partial charge in [0.05, 0.1) is 9.21 Å². The number of amides is 2. The molecule has 8 heteroatoms. The molecule has 0 aliphatic heterocycles. The fourth-order valence-electron chi connectivity index (χ4n) is 2.04. The van der Waals surface area contributed by atoms with Gasteiger partial charge in [0, 0.05) is 23.2 Å². The number of halogens is 1. The average molecular weight is 392 g/mol. The number of nitrogens with one attached hydrogen (secondary N) is 2. The van der Waals surface area contributed by atoms with Crippen molar-refractivity contribution >= 4 is 57.5 Å². The standard InChI is InChI=1S/C17H14ClN3O2S2/c1-2-15(22)19-10-4-3-5-11(8-10)20-16(23)12-9-24-17(21-12)13-6-7-14(18)25-13/h3-9H,2H2,1H3,(H,19,22)(H,20,23). The van der Waals surface area contributed by atoms with Crippen LogP contribution in [0, 0.1) is 0 Å². The molecule has 0 unspecified atom stereocenters. The summed E-state index contributed by atoms with van der Waals surface area (Å²) in [5, 5.41) is 8.01. The van der Waals surface area contributed by atoms with Crippen molar-refractivity contribution < 1.29 is 9.59 Å². The molecule has 2 amide bonds. The molecule has 0 bridgehead atoms. The molecule has 0 atom stereocenters. The lowest BCUT2D eigenvalue weighted by Gasteiger charge is -2.07. The molecule has 3 aromatic rings. The normalized spacial score (nSPS) is 10.5. The quantitative estimate of drug-likeness (QED) is 0.633. The lowest BCUT2D eigenvalue weighted by Crippen LogP contribution is -2.13. The number of carbonyl (C=O) groups excluding carboxylic acids is 2. The third-order valence-electron chi connectivity index (χ3n) is 3.25. The molecule has 128 valence electrons. The van der Waals surface area contributed by atoms with Crippen molar-refractivity contribution in [1.82, 2.24) is 4.98 Å². The van der Waals surface area contributed by atoms with Gasteiger partial charge in [0.15, 0.2) is 0 Å². The van der Waals surface area contributed by atoms with Gasteiger partial charge in [0.2, 0.25) is 5.91 Å². The van der Waals surface area contributed by atoms with Gasteiger partial charge in [-0.15, -0.1) is 22.7 Å². The molecule has 0 saturated carbocycles. The third kappa shape index (κ3) is 4.45. The molecule has 0 radical (unpaired) electrons. The number of hydrogen-bond donors (Lipinski definition) is 2. The van der Waals surface area contributed by atoms with Crippen molar-refractivity contribution in [3.63, 3.8) is 0 Å². The highest BCUT2D eigenvalue weighted by molar-refractivity contribution is 7.23. The molecule has 5 nitrogen and oxygen atoms in total. The van der Waals surface area contributed by atoms with Crippen LogP contribution in [0.2, 0.25) is 4.34 Å². The van der Waals surface area contributed by atoms with Crippen LogP contribution in [0.5, 0.6) is 0 Å². The summed E-state index contributed by atoms with van der Waals surface area (Å²) in [7, 11) is 0. The molecule has 0 aliphatic rings. The number of nitrogens with zero attached hydrogens (tertiary/aromatic N) is 1. The first-order chi connectivity index (χ1) is 12.0. The highest BCUT2D eigenvalue weighted by Gasteiger charge is 2.13. The smallest absolute Gasteiger partial charge is 0.275 e. The maximum Gasteiger partial charge on any atom is 0.275 e. The van der Waals surface area contributed by atoms with Gasteiger partial charge in [-0.25, -0.2) is 4.98 Å². The van der Waals surface area contributed by atoms with Crippen molar-refractivity contribution in [2.24, 2.45) is 0 Å². The Morgan fingerprint density at radius 2 is 1.92 bits per heavy atom. The van der Waals surface area contributed by atoms with Gasteiger partial charge in [-0.05, 0) is 30.3 Å². The van der Waals surface area contributed by atoms with Crippen LogP contribution in [0.1, 0.15) is 23.8 Å². The Bertz CT molecular complexity index is 920. The summed E-state index contributed by atoms with van der Waals surface area (Å²) in [6.45, 7) is 1.78. The van der Waals surface area contributed by atoms with Crippen molar-refractivity contribution in [2.75, 3.05) is 10.6 Å². The van der Waals surface area contributed by atoms with Crippen molar-refractivity contribution in [3.8, 4) is 9.88 Å². The van der Waals surface area contributed by atoms with Gasteiger partial charge in [-0.1, -0.05) is 24.6 Å². The SMILES string of the molecule is CCC(=O)Nc1cccc(NC(=O)c2csc(-c3ccc(Cl)s3)n2)c1. The van der Waals surface area contributed by atoms with E-state index in [1.807, 2.05) is 6.07 Å². The maximum absolute atomic E-state index is 12.4. The van der Waals surface area contributed by atoms with E-state index in [9.17, 15) is 9.59 Å². The van der Waals surface area contributed by atoms with E-state index < -0.39 is 0 Å². The van der Waals surface area contributed by atoms with Crippen LogP contribution < -0.4 is 10.6 Å². The largest absolute Gasteiger partial charge is 0.326 e. The fraction of sp³-hybridized carbons (Fsp3) is 0.118. The second-order valence-corrected chi connectivity index (χ2v) is 7.65. The van der Waals surface area contributed by atoms with E-state index >= 15 is 0 Å². The van der Waals surface area contributed by atoms with E-state index in [2.05, 4.69) is 15.6 Å². The van der Waals surface area contributed by atoms with Crippen molar-refractivity contribution in [2.45, 2.75) is 13.3 Å². The average Bonchev–Trinajstić information content (AvgIpc) is 3.24. The third-order valence-corrected chi connectivity index (χ3v) is 5.49. The number of rotatable bonds is 5. The molecule has 0 fully saturated rings. The summed E-state index contributed by atoms with van der Waals surface area (Å²) in [6.07, 6.45) is 0.394. The van der Waals surface area contributed by atoms with E-state index in [1.165, 1.54) is 22.7 Å². The monoisotopic (exact) mass is 391 g/mol. The first kappa shape index (κ1) is 17.6. The second-order valence-electron chi connectivity index (χ2n) is 5.08. The van der Waals surface area contributed by atoms with Gasteiger partial charge < -0.3 is 10.6 Å². The molecular weight excluding hydrogens is 378 g/mol. The molecule has 0 aliphatic carbocycles. The zero-order chi connectivity index (χ0) is 17.8. The Labute approximate surface area is 157 Å². The molecule has 2 aromatic heterocycles. The summed E-state index contributed by atoms with van der Waals surface area (Å²) in [5.74, 6) is -0.383. The summed E-state index contributed by atoms with van der Waals surface area (Å²) >= 11 is 8.75. The van der Waals surface area contributed by atoms with Crippen molar-refractivity contribution in [3.05, 3.63) is 51.8 Å². The summed E-state index contributed by atoms with van der Waals surface area (Å²) < 4.78 is 0.683. The molecule has 1 aromatic carbocycles. The van der Waals surface area contributed by atoms with Crippen molar-refractivity contribution in [1.29, 1.82) is 0 Å². The van der Waals surface area contributed by atoms with Gasteiger partial charge in [0.1, 0.15) is 10.7 Å². The molecule has 25 heavy (non-hydrogen) atoms. The molecule has 0 saturated heterocycles. The Balaban J connectivity index is 1.71. The molecule has 2 N–H and O–H groups in total. The van der Waals surface area contributed by atoms with Gasteiger partial charge in [0.25, 0.3) is 5.91 Å². The summed E-state index contributed by atoms with van der Waals surface area (Å²) in [4.78, 5) is 29.1. The van der Waals surface area contributed by atoms with Crippen LogP contribution in [0.25, 0.3) is 9.88 Å². The van der Waals surface area contributed by atoms with Crippen LogP contribution in [0.3, 0.4) is 0 Å². The van der Waals surface area contributed by atoms with E-state index in [-0.39, 0.29) is 11.8 Å². The number of hydrogen-bond acceptors (Lipinski definition) is 5. The van der Waals surface area contributed by atoms with Crippen LogP contribution in [-0.2, 0) is 4.79 Å². The Hall–Kier alpha value is -2.22. The van der Waals surface area contributed by atoms with Crippen LogP contribution in [0.4, 0.5) is 11.4 Å². The van der Waals surface area contributed by atoms with Gasteiger partial charge in [-0.2, -0.15) is 0 Å². The lowest BCUT2D eigenvalue weighted by molar-refractivity contribution is -0.115. The number of anilines is 2. The Morgan fingerprint density at radius 3 is 2.60 bits per heavy atom. The Morgan fingerprint density at radius 1 is 1.16 bits per heavy atom. The second kappa shape index (κ2) is 7.77. The topological polar surface area (TPSA) is 71.1 Å². The number of thiophene rings is 1. The zero-order valence-corrected chi connectivity index (χ0v) is 15.6. The van der Waals surface area contributed by atoms with Crippen LogP contribution in [0.15, 0.2) is 41.8 Å². The van der Waals surface area contributed by atoms with Gasteiger partial charge in [-0.3, -0.25) is 9.59 Å². The molecular formula is C17H14ClN3O2S2. The van der Waals surface area contributed by atoms with E-state index in [1.54, 1.807) is 42.6 Å². The van der Waals surface area contributed by atoms with Gasteiger partial charge >= 0.3 is 0 Å². The van der Waals surface area contributed by atoms with E-state index in [0.717, 1.165) is 9.88 Å². The maximum atomic E-state index is 12.4. The summed E-state index contributed by atoms with van der Waals surface area (Å²) in [5.41, 5.74) is 1.57. The zero-order valence-electron chi connectivity index (χ0n) is 13.2. The Kier molecular flexibility index (Phi) is 5.47. The minimum absolute atomic E-state index is 0.0813. The molecule has 2 heterocycles. The molecule has 3 rings (SSSR count). The van der Waals surface area contributed by atoms with E-state index in [0.29, 0.717) is 27.8 Å². The highest BCUT2D eigenvalue weighted by Crippen LogP contribution is 2.33. The number of aromatic nitrogens is 1. The first-order valence-corrected chi connectivity index (χ1v) is 9.55. The minimum Gasteiger partial charge on any atom is -0.326 e. The number of carbonyl (C=O) groups is 2. The predicted octanol–water partition coefficient (Wildman–Crippen LogP) is 5.13. The van der Waals surface area contributed by atoms with E-state index in [4.69, 9.17) is 11.6 Å². The number of benzene rings is 1. The van der Waals surface area contributed by atoms with Crippen LogP contribution in [-0.4, -0.2) is 16.8 Å². The first-order valence-electron chi connectivity index (χ1n) is 7.47. The molecule has 0 spiro atoms. The summed E-state index contributed by atoms with van der Waals surface area (Å²) in [6, 6.07) is 10.7. The highest BCUT2D eigenvalue weighted by atomic mass is 35.5. The fourth-order valence-corrected chi connectivity index (χ4v) is 3.95. The number of thiazole rings is 1. The minimum atomic E-state index is -0.302. The van der Waals surface area contributed by atoms with Crippen LogP contribution >= 0.6 is 34.3 Å². The lowest BCUT2D eigenvalue weighted by atomic mass is 10.2.